The molecule has 0 radical (unpaired) electrons. The van der Waals surface area contributed by atoms with Crippen LogP contribution in [-0.2, 0) is 5.75 Å². The van der Waals surface area contributed by atoms with Crippen molar-refractivity contribution in [3.05, 3.63) is 16.6 Å². The Morgan fingerprint density at radius 1 is 1.57 bits per heavy atom. The van der Waals surface area contributed by atoms with E-state index in [9.17, 15) is 13.2 Å². The first-order valence-electron chi connectivity index (χ1n) is 3.71. The summed E-state index contributed by atoms with van der Waals surface area (Å²) in [4.78, 5) is 3.91. The topological polar surface area (TPSA) is 33.1 Å². The molecular weight excluding hydrogens is 235 g/mol. The van der Waals surface area contributed by atoms with Crippen molar-refractivity contribution in [3.63, 3.8) is 0 Å². The smallest absolute Gasteiger partial charge is 0.383 e. The van der Waals surface area contributed by atoms with Gasteiger partial charge in [0, 0.05) is 23.1 Å². The molecule has 1 aromatic heterocycles. The SMILES string of the molecule is OC(CSCc1nccs1)C(F)(F)F. The van der Waals surface area contributed by atoms with Crippen LogP contribution in [0.2, 0.25) is 0 Å². The van der Waals surface area contributed by atoms with Crippen LogP contribution >= 0.6 is 23.1 Å². The van der Waals surface area contributed by atoms with E-state index in [1.54, 1.807) is 11.6 Å². The Bertz CT molecular complexity index is 262. The van der Waals surface area contributed by atoms with Crippen molar-refractivity contribution in [1.82, 2.24) is 4.98 Å². The molecule has 1 aromatic rings. The fourth-order valence-electron chi connectivity index (χ4n) is 0.677. The summed E-state index contributed by atoms with van der Waals surface area (Å²) in [6.07, 6.45) is -5.16. The summed E-state index contributed by atoms with van der Waals surface area (Å²) < 4.78 is 35.5. The zero-order valence-electron chi connectivity index (χ0n) is 6.99. The van der Waals surface area contributed by atoms with E-state index in [1.807, 2.05) is 0 Å². The number of thioether (sulfide) groups is 1. The van der Waals surface area contributed by atoms with Crippen LogP contribution in [0.25, 0.3) is 0 Å². The third kappa shape index (κ3) is 3.85. The zero-order chi connectivity index (χ0) is 10.6. The molecule has 1 unspecified atom stereocenters. The second-order valence-electron chi connectivity index (χ2n) is 2.50. The molecule has 14 heavy (non-hydrogen) atoms. The average Bonchev–Trinajstić information content (AvgIpc) is 2.55. The number of aliphatic hydroxyl groups is 1. The lowest BCUT2D eigenvalue weighted by atomic mass is 10.4. The fourth-order valence-corrected chi connectivity index (χ4v) is 2.38. The Morgan fingerprint density at radius 3 is 2.79 bits per heavy atom. The Balaban J connectivity index is 2.22. The Morgan fingerprint density at radius 2 is 2.29 bits per heavy atom. The molecule has 0 fully saturated rings. The van der Waals surface area contributed by atoms with Crippen molar-refractivity contribution in [1.29, 1.82) is 0 Å². The van der Waals surface area contributed by atoms with Crippen molar-refractivity contribution in [2.24, 2.45) is 0 Å². The molecule has 1 N–H and O–H groups in total. The van der Waals surface area contributed by atoms with Crippen molar-refractivity contribution < 1.29 is 18.3 Å². The maximum Gasteiger partial charge on any atom is 0.415 e. The lowest BCUT2D eigenvalue weighted by Crippen LogP contribution is -2.30. The Labute approximate surface area is 87.2 Å². The third-order valence-corrected chi connectivity index (χ3v) is 3.35. The van der Waals surface area contributed by atoms with Gasteiger partial charge in [-0.25, -0.2) is 4.98 Å². The first-order valence-corrected chi connectivity index (χ1v) is 5.74. The molecule has 1 atom stereocenters. The number of aliphatic hydroxyl groups excluding tert-OH is 1. The quantitative estimate of drug-likeness (QED) is 0.880. The highest BCUT2D eigenvalue weighted by Crippen LogP contribution is 2.24. The highest BCUT2D eigenvalue weighted by Gasteiger charge is 2.37. The largest absolute Gasteiger partial charge is 0.415 e. The number of nitrogens with zero attached hydrogens (tertiary/aromatic N) is 1. The van der Waals surface area contributed by atoms with Crippen molar-refractivity contribution in [3.8, 4) is 0 Å². The van der Waals surface area contributed by atoms with E-state index in [1.165, 1.54) is 11.3 Å². The number of thiazole rings is 1. The van der Waals surface area contributed by atoms with Gasteiger partial charge in [0.2, 0.25) is 0 Å². The molecule has 0 saturated carbocycles. The summed E-state index contributed by atoms with van der Waals surface area (Å²) in [6.45, 7) is 0. The van der Waals surface area contributed by atoms with Crippen LogP contribution in [0.5, 0.6) is 0 Å². The van der Waals surface area contributed by atoms with E-state index >= 15 is 0 Å². The summed E-state index contributed by atoms with van der Waals surface area (Å²) in [5.41, 5.74) is 0. The predicted molar refractivity (Wildman–Crippen MR) is 50.3 cm³/mol. The molecule has 0 aliphatic rings. The normalized spacial score (nSPS) is 14.3. The van der Waals surface area contributed by atoms with Gasteiger partial charge in [0.1, 0.15) is 5.01 Å². The Kier molecular flexibility index (Phi) is 4.21. The van der Waals surface area contributed by atoms with E-state index in [-0.39, 0.29) is 5.75 Å². The predicted octanol–water partition coefficient (Wildman–Crippen LogP) is 2.30. The molecule has 0 spiro atoms. The number of halogens is 3. The summed E-state index contributed by atoms with van der Waals surface area (Å²) in [5, 5.41) is 11.2. The highest BCUT2D eigenvalue weighted by atomic mass is 32.2. The first kappa shape index (κ1) is 11.8. The van der Waals surface area contributed by atoms with Crippen LogP contribution in [-0.4, -0.2) is 28.1 Å². The minimum absolute atomic E-state index is 0.344. The van der Waals surface area contributed by atoms with Crippen LogP contribution in [0.4, 0.5) is 13.2 Å². The zero-order valence-corrected chi connectivity index (χ0v) is 8.62. The standard InChI is InChI=1S/C7H8F3NOS2/c8-7(9,10)5(12)3-13-4-6-11-1-2-14-6/h1-2,5,12H,3-4H2. The monoisotopic (exact) mass is 243 g/mol. The van der Waals surface area contributed by atoms with E-state index in [0.717, 1.165) is 16.8 Å². The van der Waals surface area contributed by atoms with E-state index in [0.29, 0.717) is 5.75 Å². The lowest BCUT2D eigenvalue weighted by molar-refractivity contribution is -0.195. The van der Waals surface area contributed by atoms with Crippen molar-refractivity contribution in [2.75, 3.05) is 5.75 Å². The van der Waals surface area contributed by atoms with Crippen LogP contribution in [0.1, 0.15) is 5.01 Å². The summed E-state index contributed by atoms with van der Waals surface area (Å²) in [7, 11) is 0. The molecule has 2 nitrogen and oxygen atoms in total. The second kappa shape index (κ2) is 4.99. The highest BCUT2D eigenvalue weighted by molar-refractivity contribution is 7.98. The number of hydrogen-bond donors (Lipinski definition) is 1. The van der Waals surface area contributed by atoms with Gasteiger partial charge in [-0.1, -0.05) is 0 Å². The van der Waals surface area contributed by atoms with E-state index in [4.69, 9.17) is 5.11 Å². The van der Waals surface area contributed by atoms with Crippen LogP contribution in [0, 0.1) is 0 Å². The molecular formula is C7H8F3NOS2. The third-order valence-electron chi connectivity index (χ3n) is 1.36. The minimum atomic E-state index is -4.52. The summed E-state index contributed by atoms with van der Waals surface area (Å²) >= 11 is 2.41. The maximum atomic E-state index is 11.8. The van der Waals surface area contributed by atoms with Gasteiger partial charge in [-0.05, 0) is 0 Å². The number of hydrogen-bond acceptors (Lipinski definition) is 4. The molecule has 0 aliphatic heterocycles. The number of alkyl halides is 3. The molecule has 7 heteroatoms. The molecule has 0 amide bonds. The lowest BCUT2D eigenvalue weighted by Gasteiger charge is -2.13. The van der Waals surface area contributed by atoms with Crippen LogP contribution in [0.3, 0.4) is 0 Å². The van der Waals surface area contributed by atoms with Crippen LogP contribution < -0.4 is 0 Å². The molecule has 0 saturated heterocycles. The molecule has 0 aromatic carbocycles. The van der Waals surface area contributed by atoms with Crippen LogP contribution in [0.15, 0.2) is 11.6 Å². The second-order valence-corrected chi connectivity index (χ2v) is 4.51. The van der Waals surface area contributed by atoms with Crippen molar-refractivity contribution >= 4 is 23.1 Å². The first-order chi connectivity index (χ1) is 6.50. The number of aromatic nitrogens is 1. The fraction of sp³-hybridized carbons (Fsp3) is 0.571. The van der Waals surface area contributed by atoms with Gasteiger partial charge >= 0.3 is 6.18 Å². The van der Waals surface area contributed by atoms with E-state index in [2.05, 4.69) is 4.98 Å². The minimum Gasteiger partial charge on any atom is -0.383 e. The van der Waals surface area contributed by atoms with E-state index < -0.39 is 12.3 Å². The Hall–Kier alpha value is -0.270. The average molecular weight is 243 g/mol. The molecule has 1 heterocycles. The molecule has 1 rings (SSSR count). The molecule has 0 aliphatic carbocycles. The molecule has 80 valence electrons. The van der Waals surface area contributed by atoms with Gasteiger partial charge < -0.3 is 5.11 Å². The van der Waals surface area contributed by atoms with Gasteiger partial charge in [0.05, 0.1) is 0 Å². The van der Waals surface area contributed by atoms with Gasteiger partial charge in [-0.15, -0.1) is 11.3 Å². The number of rotatable bonds is 4. The van der Waals surface area contributed by atoms with Crippen molar-refractivity contribution in [2.45, 2.75) is 18.0 Å². The molecule has 0 bridgehead atoms. The maximum absolute atomic E-state index is 11.8. The van der Waals surface area contributed by atoms with Gasteiger partial charge in [0.25, 0.3) is 0 Å². The summed E-state index contributed by atoms with van der Waals surface area (Å²) in [5.74, 6) is 0.0634. The van der Waals surface area contributed by atoms with Gasteiger partial charge in [0.15, 0.2) is 6.10 Å². The summed E-state index contributed by atoms with van der Waals surface area (Å²) in [6, 6.07) is 0. The van der Waals surface area contributed by atoms with Gasteiger partial charge in [-0.2, -0.15) is 24.9 Å². The van der Waals surface area contributed by atoms with Gasteiger partial charge in [-0.3, -0.25) is 0 Å².